The van der Waals surface area contributed by atoms with Crippen LogP contribution in [-0.4, -0.2) is 158 Å². The molecule has 0 radical (unpaired) electrons. The zero-order valence-corrected chi connectivity index (χ0v) is 43.8. The summed E-state index contributed by atoms with van der Waals surface area (Å²) < 4.78 is 102. The lowest BCUT2D eigenvalue weighted by atomic mass is 10.2. The molecule has 15 atom stereocenters. The van der Waals surface area contributed by atoms with Crippen molar-refractivity contribution < 1.29 is 84.7 Å². The van der Waals surface area contributed by atoms with Gasteiger partial charge in [0.1, 0.15) is 73.5 Å². The van der Waals surface area contributed by atoms with Crippen LogP contribution in [0.5, 0.6) is 0 Å². The number of fused-ring (bicyclic) bond motifs is 2. The van der Waals surface area contributed by atoms with Gasteiger partial charge < -0.3 is 61.0 Å². The summed E-state index contributed by atoms with van der Waals surface area (Å²) in [6.45, 7) is -2.00. The van der Waals surface area contributed by atoms with E-state index in [2.05, 4.69) is 39.9 Å². The first-order chi connectivity index (χ1) is 37.8. The van der Waals surface area contributed by atoms with Gasteiger partial charge in [0.05, 0.1) is 45.2 Å². The van der Waals surface area contributed by atoms with Crippen molar-refractivity contribution in [3.8, 4) is 0 Å². The first-order valence-electron chi connectivity index (χ1n) is 23.8. The number of aliphatic hydroxyl groups is 2. The van der Waals surface area contributed by atoms with Crippen molar-refractivity contribution in [3.05, 3.63) is 88.7 Å². The van der Waals surface area contributed by atoms with E-state index in [4.69, 9.17) is 63.3 Å². The Bertz CT molecular complexity index is 3770. The van der Waals surface area contributed by atoms with Crippen molar-refractivity contribution in [2.45, 2.75) is 106 Å². The quantitative estimate of drug-likeness (QED) is 0.0342. The molecule has 0 saturated carbocycles. The minimum Gasteiger partial charge on any atom is -0.394 e. The molecule has 6 aromatic rings. The first kappa shape index (κ1) is 57.0. The molecule has 4 saturated heterocycles. The average molecular weight is 1190 g/mol. The van der Waals surface area contributed by atoms with Gasteiger partial charge in [-0.15, -0.1) is 0 Å². The summed E-state index contributed by atoms with van der Waals surface area (Å²) in [6, 6.07) is 1.25. The predicted molar refractivity (Wildman–Crippen MR) is 263 cm³/mol. The Morgan fingerprint density at radius 1 is 0.613 bits per heavy atom. The molecule has 6 aromatic heterocycles. The Balaban J connectivity index is 0.830. The van der Waals surface area contributed by atoms with Gasteiger partial charge in [0.15, 0.2) is 22.3 Å². The van der Waals surface area contributed by atoms with E-state index in [0.29, 0.717) is 0 Å². The van der Waals surface area contributed by atoms with Crippen LogP contribution in [0.25, 0.3) is 22.3 Å². The van der Waals surface area contributed by atoms with Gasteiger partial charge in [-0.25, -0.2) is 33.3 Å². The fourth-order valence-electron chi connectivity index (χ4n) is 9.31. The third-order valence-corrected chi connectivity index (χ3v) is 16.1. The number of rotatable bonds is 20. The molecule has 14 N–H and O–H groups in total. The third-order valence-electron chi connectivity index (χ3n) is 13.1. The molecule has 0 aromatic carbocycles. The summed E-state index contributed by atoms with van der Waals surface area (Å²) in [4.78, 5) is 122. The van der Waals surface area contributed by atoms with Gasteiger partial charge in [-0.2, -0.15) is 15.0 Å². The second-order valence-corrected chi connectivity index (χ2v) is 22.7. The monoisotopic (exact) mass is 1190 g/mol. The fraction of sp³-hybridized carbons (Fsp3) is 0.538. The molecule has 4 aliphatic rings. The van der Waals surface area contributed by atoms with Gasteiger partial charge in [-0.3, -0.25) is 74.7 Å². The molecule has 38 nitrogen and oxygen atoms in total. The molecule has 3 unspecified atom stereocenters. The number of aromatic nitrogens is 12. The van der Waals surface area contributed by atoms with Crippen LogP contribution < -0.4 is 45.3 Å². The molecule has 41 heteroatoms. The number of nitrogens with one attached hydrogen (secondary N) is 3. The lowest BCUT2D eigenvalue weighted by Gasteiger charge is -2.25. The topological polar surface area (TPSA) is 540 Å². The van der Waals surface area contributed by atoms with Crippen molar-refractivity contribution in [1.29, 1.82) is 0 Å². The Morgan fingerprint density at radius 2 is 1.05 bits per heavy atom. The van der Waals surface area contributed by atoms with E-state index in [1.165, 1.54) is 40.8 Å². The van der Waals surface area contributed by atoms with Crippen LogP contribution in [0.3, 0.4) is 0 Å². The summed E-state index contributed by atoms with van der Waals surface area (Å²) in [5, 5.41) is 20.9. The number of aromatic amines is 3. The van der Waals surface area contributed by atoms with Crippen molar-refractivity contribution in [2.24, 2.45) is 0 Å². The normalized spacial score (nSPS) is 29.3. The van der Waals surface area contributed by atoms with Gasteiger partial charge in [-0.1, -0.05) is 0 Å². The molecular formula is C39H50N15O23P3. The van der Waals surface area contributed by atoms with Crippen LogP contribution in [0.4, 0.5) is 17.7 Å². The van der Waals surface area contributed by atoms with E-state index in [9.17, 15) is 62.6 Å². The summed E-state index contributed by atoms with van der Waals surface area (Å²) in [5.74, 6) is -0.694. The minimum absolute atomic E-state index is 0.0314. The van der Waals surface area contributed by atoms with Gasteiger partial charge in [0, 0.05) is 43.6 Å². The van der Waals surface area contributed by atoms with Gasteiger partial charge in [0.25, 0.3) is 16.7 Å². The Morgan fingerprint density at radius 3 is 1.55 bits per heavy atom. The molecule has 434 valence electrons. The lowest BCUT2D eigenvalue weighted by molar-refractivity contribution is -0.0630. The van der Waals surface area contributed by atoms with Crippen molar-refractivity contribution >= 4 is 63.5 Å². The smallest absolute Gasteiger partial charge is 0.394 e. The highest BCUT2D eigenvalue weighted by Crippen LogP contribution is 2.53. The zero-order chi connectivity index (χ0) is 57.2. The highest BCUT2D eigenvalue weighted by molar-refractivity contribution is 7.48. The van der Waals surface area contributed by atoms with Crippen molar-refractivity contribution in [3.63, 3.8) is 0 Å². The highest BCUT2D eigenvalue weighted by atomic mass is 31.2. The number of phosphoric ester groups is 3. The number of ether oxygens (including phenoxy) is 4. The number of nitrogens with zero attached hydrogens (tertiary/aromatic N) is 9. The molecule has 0 spiro atoms. The predicted octanol–water partition coefficient (Wildman–Crippen LogP) is -2.88. The number of imidazole rings is 2. The average Bonchev–Trinajstić information content (AvgIpc) is 4.30. The molecule has 0 aliphatic carbocycles. The molecule has 10 heterocycles. The lowest BCUT2D eigenvalue weighted by Crippen LogP contribution is -2.33. The SMILES string of the molecule is Cc1cn([C@H]2C[C@H](OP(=O)(O)OC[C@H]3O[C@@H](n4cnc5c(=O)[nH]c(N)nc54)C[C@@H]3OP(=O)(O)OC[C@H]3O[C@@H](n4ccc(N)nc4=O)C[C@@H]3OP(=O)(O)OC[C@H]3O[C@@H](n4cnc5c(=O)[nH]c(N)nc54)C[C@@H]3O)[C@@H](CO)O2)c(=O)[nH]c1=O. The molecule has 80 heavy (non-hydrogen) atoms. The van der Waals surface area contributed by atoms with Crippen molar-refractivity contribution in [1.82, 2.24) is 58.1 Å². The number of hydrogen-bond donors (Lipinski definition) is 11. The van der Waals surface area contributed by atoms with E-state index in [1.54, 1.807) is 0 Å². The standard InChI is InChI=1S/C39H50N15O23P3/c1-15-8-52(39(61)50-33(15)57)27-5-17(20(9-55)71-27)75-79(64,65)69-12-23-19(7-28(74-23)54-14-44-30-32(54)47-37(42)49-35(30)59)77-80(66,67)70-11-22-18(6-26(73-22)51-3-2-24(40)45-38(51)60)76-78(62,63)68-10-21-16(56)4-25(72-21)53-13-43-29-31(53)46-36(41)48-34(29)58/h2-3,8,13-14,16-23,25-28,55-56H,4-7,9-12H2,1H3,(H,62,63)(H,64,65)(H,66,67)(H2,40,45,60)(H,50,57,61)(H3,41,46,48,58)(H3,42,47,49,59)/t16-,17-,18-,19-,20+,21+,22+,23+,25+,26+,27+,28+/m0/s1. The Hall–Kier alpha value is -6.25. The van der Waals surface area contributed by atoms with Gasteiger partial charge in [-0.05, 0) is 13.0 Å². The second kappa shape index (κ2) is 22.2. The number of H-pyrrole nitrogens is 3. The maximum absolute atomic E-state index is 13.9. The molecule has 0 amide bonds. The number of hydrogen-bond acceptors (Lipinski definition) is 28. The molecule has 10 rings (SSSR count). The van der Waals surface area contributed by atoms with Crippen LogP contribution in [0.2, 0.25) is 0 Å². The highest BCUT2D eigenvalue weighted by Gasteiger charge is 2.48. The largest absolute Gasteiger partial charge is 0.472 e. The summed E-state index contributed by atoms with van der Waals surface area (Å²) in [6.07, 6.45) is -12.9. The van der Waals surface area contributed by atoms with E-state index in [1.807, 2.05) is 0 Å². The van der Waals surface area contributed by atoms with E-state index < -0.39 is 165 Å². The number of anilines is 3. The van der Waals surface area contributed by atoms with E-state index >= 15 is 0 Å². The fourth-order valence-corrected chi connectivity index (χ4v) is 12.2. The number of nitrogen functional groups attached to an aromatic ring is 3. The van der Waals surface area contributed by atoms with Crippen LogP contribution in [0, 0.1) is 6.92 Å². The van der Waals surface area contributed by atoms with E-state index in [0.717, 1.165) is 15.5 Å². The third kappa shape index (κ3) is 12.2. The number of nitrogens with two attached hydrogens (primary N) is 3. The maximum Gasteiger partial charge on any atom is 0.472 e. The molecular weight excluding hydrogens is 1140 g/mol. The Kier molecular flexibility index (Phi) is 15.9. The van der Waals surface area contributed by atoms with Gasteiger partial charge in [0.2, 0.25) is 11.9 Å². The number of aliphatic hydroxyl groups excluding tert-OH is 2. The summed E-state index contributed by atoms with van der Waals surface area (Å²) in [7, 11) is -15.8. The van der Waals surface area contributed by atoms with Crippen LogP contribution >= 0.6 is 23.5 Å². The minimum atomic E-state index is -5.40. The molecule has 4 aliphatic heterocycles. The van der Waals surface area contributed by atoms with Crippen LogP contribution in [0.1, 0.15) is 56.2 Å². The number of phosphoric acid groups is 3. The van der Waals surface area contributed by atoms with Crippen molar-refractivity contribution in [2.75, 3.05) is 43.6 Å². The van der Waals surface area contributed by atoms with E-state index in [-0.39, 0.29) is 58.4 Å². The second-order valence-electron chi connectivity index (χ2n) is 18.5. The van der Waals surface area contributed by atoms with Gasteiger partial charge >= 0.3 is 34.8 Å². The maximum atomic E-state index is 13.9. The first-order valence-corrected chi connectivity index (χ1v) is 28.3. The summed E-state index contributed by atoms with van der Waals surface area (Å²) in [5.41, 5.74) is 13.1. The zero-order valence-electron chi connectivity index (χ0n) is 41.2. The summed E-state index contributed by atoms with van der Waals surface area (Å²) >= 11 is 0. The molecule has 4 fully saturated rings. The van der Waals surface area contributed by atoms with Crippen LogP contribution in [-0.2, 0) is 59.8 Å². The number of aryl methyl sites for hydroxylation is 1. The van der Waals surface area contributed by atoms with Crippen LogP contribution in [0.15, 0.2) is 55.1 Å². The molecule has 0 bridgehead atoms. The Labute approximate surface area is 444 Å².